The normalized spacial score (nSPS) is 20.0. The van der Waals surface area contributed by atoms with Crippen molar-refractivity contribution in [2.45, 2.75) is 38.7 Å². The molecular weight excluding hydrogens is 357 g/mol. The van der Waals surface area contributed by atoms with E-state index in [2.05, 4.69) is 15.3 Å². The van der Waals surface area contributed by atoms with Gasteiger partial charge in [-0.2, -0.15) is 9.37 Å². The monoisotopic (exact) mass is 379 g/mol. The molecule has 0 bridgehead atoms. The van der Waals surface area contributed by atoms with Crippen LogP contribution in [0.4, 0.5) is 9.18 Å². The molecule has 0 aliphatic carbocycles. The van der Waals surface area contributed by atoms with Crippen LogP contribution in [0, 0.1) is 5.82 Å². The molecular formula is C17H22FN5O4. The number of amides is 4. The fourth-order valence-electron chi connectivity index (χ4n) is 3.13. The van der Waals surface area contributed by atoms with Gasteiger partial charge in [-0.15, -0.1) is 0 Å². The van der Waals surface area contributed by atoms with E-state index >= 15 is 0 Å². The SMILES string of the molecule is CCc1ncnc(OC2CCN(C(=O)CCN3CCC(=O)NC3=O)C2)c1F. The Bertz CT molecular complexity index is 744. The molecule has 9 nitrogen and oxygen atoms in total. The van der Waals surface area contributed by atoms with E-state index in [4.69, 9.17) is 4.74 Å². The quantitative estimate of drug-likeness (QED) is 0.771. The van der Waals surface area contributed by atoms with Crippen LogP contribution >= 0.6 is 0 Å². The standard InChI is InChI=1S/C17H22FN5O4/c1-2-12-15(18)16(20-10-19-12)27-11-3-6-23(9-11)14(25)5-8-22-7-4-13(24)21-17(22)26/h10-11H,2-9H2,1H3,(H,21,24,26). The summed E-state index contributed by atoms with van der Waals surface area (Å²) in [6, 6.07) is -0.465. The summed E-state index contributed by atoms with van der Waals surface area (Å²) in [6.07, 6.45) is 2.35. The van der Waals surface area contributed by atoms with Crippen molar-refractivity contribution in [1.29, 1.82) is 0 Å². The summed E-state index contributed by atoms with van der Waals surface area (Å²) in [5, 5.41) is 2.23. The first kappa shape index (κ1) is 19.0. The fourth-order valence-corrected chi connectivity index (χ4v) is 3.13. The Balaban J connectivity index is 1.48. The molecule has 1 aromatic heterocycles. The average Bonchev–Trinajstić information content (AvgIpc) is 3.11. The highest BCUT2D eigenvalue weighted by molar-refractivity contribution is 5.96. The van der Waals surface area contributed by atoms with Gasteiger partial charge in [0.25, 0.3) is 5.88 Å². The summed E-state index contributed by atoms with van der Waals surface area (Å²) in [5.41, 5.74) is 0.296. The van der Waals surface area contributed by atoms with E-state index in [0.717, 1.165) is 0 Å². The maximum atomic E-state index is 14.2. The summed E-state index contributed by atoms with van der Waals surface area (Å²) >= 11 is 0. The number of nitrogens with zero attached hydrogens (tertiary/aromatic N) is 4. The van der Waals surface area contributed by atoms with Gasteiger partial charge in [0.05, 0.1) is 12.2 Å². The molecule has 1 N–H and O–H groups in total. The zero-order valence-corrected chi connectivity index (χ0v) is 15.1. The largest absolute Gasteiger partial charge is 0.470 e. The number of imide groups is 1. The van der Waals surface area contributed by atoms with Gasteiger partial charge in [-0.05, 0) is 6.42 Å². The third-order valence-electron chi connectivity index (χ3n) is 4.68. The van der Waals surface area contributed by atoms with Gasteiger partial charge >= 0.3 is 6.03 Å². The number of urea groups is 1. The van der Waals surface area contributed by atoms with Crippen molar-refractivity contribution in [3.63, 3.8) is 0 Å². The first-order chi connectivity index (χ1) is 13.0. The lowest BCUT2D eigenvalue weighted by Gasteiger charge is -2.27. The highest BCUT2D eigenvalue weighted by atomic mass is 19.1. The van der Waals surface area contributed by atoms with Gasteiger partial charge in [-0.1, -0.05) is 6.92 Å². The molecule has 27 heavy (non-hydrogen) atoms. The number of hydrogen-bond donors (Lipinski definition) is 1. The van der Waals surface area contributed by atoms with Gasteiger partial charge in [-0.3, -0.25) is 14.9 Å². The van der Waals surface area contributed by atoms with E-state index in [-0.39, 0.29) is 43.2 Å². The van der Waals surface area contributed by atoms with Crippen LogP contribution in [0.3, 0.4) is 0 Å². The van der Waals surface area contributed by atoms with Crippen molar-refractivity contribution < 1.29 is 23.5 Å². The summed E-state index contributed by atoms with van der Waals surface area (Å²) in [6.45, 7) is 3.20. The molecule has 10 heteroatoms. The Morgan fingerprint density at radius 3 is 2.93 bits per heavy atom. The van der Waals surface area contributed by atoms with Crippen LogP contribution in [0.5, 0.6) is 5.88 Å². The molecule has 146 valence electrons. The molecule has 0 spiro atoms. The highest BCUT2D eigenvalue weighted by Gasteiger charge is 2.30. The smallest absolute Gasteiger partial charge is 0.324 e. The van der Waals surface area contributed by atoms with E-state index in [1.54, 1.807) is 11.8 Å². The highest BCUT2D eigenvalue weighted by Crippen LogP contribution is 2.21. The van der Waals surface area contributed by atoms with Gasteiger partial charge in [0, 0.05) is 38.9 Å². The van der Waals surface area contributed by atoms with E-state index in [1.165, 1.54) is 11.2 Å². The van der Waals surface area contributed by atoms with Crippen molar-refractivity contribution in [1.82, 2.24) is 25.1 Å². The number of carbonyl (C=O) groups is 3. The zero-order chi connectivity index (χ0) is 19.4. The van der Waals surface area contributed by atoms with Gasteiger partial charge in [-0.25, -0.2) is 9.78 Å². The minimum atomic E-state index is -0.560. The van der Waals surface area contributed by atoms with Gasteiger partial charge in [0.15, 0.2) is 0 Å². The van der Waals surface area contributed by atoms with Gasteiger partial charge in [0.2, 0.25) is 17.6 Å². The zero-order valence-electron chi connectivity index (χ0n) is 15.1. The lowest BCUT2D eigenvalue weighted by atomic mass is 10.2. The molecule has 4 amide bonds. The fraction of sp³-hybridized carbons (Fsp3) is 0.588. The number of rotatable bonds is 6. The molecule has 2 aliphatic heterocycles. The Morgan fingerprint density at radius 1 is 1.37 bits per heavy atom. The van der Waals surface area contributed by atoms with Crippen LogP contribution in [-0.2, 0) is 16.0 Å². The maximum absolute atomic E-state index is 14.2. The molecule has 0 aromatic carbocycles. The van der Waals surface area contributed by atoms with E-state index in [9.17, 15) is 18.8 Å². The molecule has 3 rings (SSSR count). The number of carbonyl (C=O) groups excluding carboxylic acids is 3. The first-order valence-corrected chi connectivity index (χ1v) is 9.00. The lowest BCUT2D eigenvalue weighted by molar-refractivity contribution is -0.130. The first-order valence-electron chi connectivity index (χ1n) is 9.00. The number of ether oxygens (including phenoxy) is 1. The van der Waals surface area contributed by atoms with Crippen LogP contribution in [0.25, 0.3) is 0 Å². The van der Waals surface area contributed by atoms with Gasteiger partial charge < -0.3 is 14.5 Å². The third kappa shape index (κ3) is 4.50. The second kappa shape index (κ2) is 8.28. The summed E-state index contributed by atoms with van der Waals surface area (Å²) in [7, 11) is 0. The number of hydrogen-bond acceptors (Lipinski definition) is 6. The minimum Gasteiger partial charge on any atom is -0.470 e. The molecule has 2 saturated heterocycles. The lowest BCUT2D eigenvalue weighted by Crippen LogP contribution is -2.50. The molecule has 0 radical (unpaired) electrons. The minimum absolute atomic E-state index is 0.0872. The van der Waals surface area contributed by atoms with Crippen molar-refractivity contribution in [2.24, 2.45) is 0 Å². The van der Waals surface area contributed by atoms with Crippen molar-refractivity contribution in [3.05, 3.63) is 17.8 Å². The summed E-state index contributed by atoms with van der Waals surface area (Å²) < 4.78 is 19.8. The Morgan fingerprint density at radius 2 is 2.19 bits per heavy atom. The van der Waals surface area contributed by atoms with E-state index in [0.29, 0.717) is 38.2 Å². The molecule has 0 saturated carbocycles. The topological polar surface area (TPSA) is 105 Å². The van der Waals surface area contributed by atoms with E-state index in [1.807, 2.05) is 0 Å². The van der Waals surface area contributed by atoms with Crippen LogP contribution in [0.15, 0.2) is 6.33 Å². The van der Waals surface area contributed by atoms with Gasteiger partial charge in [0.1, 0.15) is 12.4 Å². The van der Waals surface area contributed by atoms with E-state index < -0.39 is 11.8 Å². The molecule has 1 unspecified atom stereocenters. The van der Waals surface area contributed by atoms with Crippen LogP contribution in [0.2, 0.25) is 0 Å². The average molecular weight is 379 g/mol. The van der Waals surface area contributed by atoms with Crippen LogP contribution < -0.4 is 10.1 Å². The number of aromatic nitrogens is 2. The Labute approximate surface area is 155 Å². The van der Waals surface area contributed by atoms with Crippen molar-refractivity contribution in [3.8, 4) is 5.88 Å². The Kier molecular flexibility index (Phi) is 5.82. The molecule has 3 heterocycles. The number of likely N-dealkylation sites (tertiary alicyclic amines) is 1. The maximum Gasteiger partial charge on any atom is 0.324 e. The molecule has 1 atom stereocenters. The summed E-state index contributed by atoms with van der Waals surface area (Å²) in [5.74, 6) is -1.06. The second-order valence-corrected chi connectivity index (χ2v) is 6.50. The molecule has 2 fully saturated rings. The van der Waals surface area contributed by atoms with Crippen molar-refractivity contribution >= 4 is 17.8 Å². The number of halogens is 1. The van der Waals surface area contributed by atoms with Crippen molar-refractivity contribution in [2.75, 3.05) is 26.2 Å². The van der Waals surface area contributed by atoms with Crippen LogP contribution in [-0.4, -0.2) is 69.9 Å². The molecule has 2 aliphatic rings. The number of nitrogens with one attached hydrogen (secondary N) is 1. The predicted octanol–water partition coefficient (Wildman–Crippen LogP) is 0.490. The Hall–Kier alpha value is -2.78. The second-order valence-electron chi connectivity index (χ2n) is 6.50. The number of aryl methyl sites for hydroxylation is 1. The molecule has 1 aromatic rings. The predicted molar refractivity (Wildman–Crippen MR) is 91.3 cm³/mol. The van der Waals surface area contributed by atoms with Crippen LogP contribution in [0.1, 0.15) is 31.9 Å². The summed E-state index contributed by atoms with van der Waals surface area (Å²) in [4.78, 5) is 46.0. The third-order valence-corrected chi connectivity index (χ3v) is 4.68.